The molecule has 18 heavy (non-hydrogen) atoms. The van der Waals surface area contributed by atoms with Gasteiger partial charge in [0.15, 0.2) is 0 Å². The summed E-state index contributed by atoms with van der Waals surface area (Å²) in [6.07, 6.45) is 0. The number of anilines is 1. The molecule has 5 nitrogen and oxygen atoms in total. The lowest BCUT2D eigenvalue weighted by molar-refractivity contribution is -0.138. The Kier molecular flexibility index (Phi) is 3.70. The zero-order valence-electron chi connectivity index (χ0n) is 9.56. The molecule has 94 valence electrons. The first-order chi connectivity index (χ1) is 8.63. The number of aliphatic carboxylic acids is 1. The predicted octanol–water partition coefficient (Wildman–Crippen LogP) is 1.07. The van der Waals surface area contributed by atoms with Crippen LogP contribution in [0.5, 0.6) is 0 Å². The van der Waals surface area contributed by atoms with Crippen LogP contribution in [0.2, 0.25) is 5.02 Å². The highest BCUT2D eigenvalue weighted by Gasteiger charge is 2.29. The topological polar surface area (TPSA) is 76.4 Å². The summed E-state index contributed by atoms with van der Waals surface area (Å²) in [5, 5.41) is 21.8. The number of rotatable bonds is 2. The van der Waals surface area contributed by atoms with E-state index in [1.54, 1.807) is 23.1 Å². The number of hydrogen-bond acceptors (Lipinski definition) is 4. The van der Waals surface area contributed by atoms with Crippen LogP contribution in [0, 0.1) is 11.3 Å². The third kappa shape index (κ3) is 2.40. The number of benzene rings is 1. The van der Waals surface area contributed by atoms with Crippen molar-refractivity contribution in [2.24, 2.45) is 0 Å². The van der Waals surface area contributed by atoms with E-state index < -0.39 is 12.0 Å². The number of nitrogens with zero attached hydrogens (tertiary/aromatic N) is 2. The summed E-state index contributed by atoms with van der Waals surface area (Å²) in [4.78, 5) is 12.9. The summed E-state index contributed by atoms with van der Waals surface area (Å²) in [5.74, 6) is -0.902. The largest absolute Gasteiger partial charge is 0.480 e. The van der Waals surface area contributed by atoms with Gasteiger partial charge in [0.05, 0.1) is 11.3 Å². The maximum Gasteiger partial charge on any atom is 0.327 e. The van der Waals surface area contributed by atoms with Gasteiger partial charge in [-0.15, -0.1) is 0 Å². The van der Waals surface area contributed by atoms with E-state index in [4.69, 9.17) is 16.9 Å². The van der Waals surface area contributed by atoms with E-state index in [9.17, 15) is 9.90 Å². The molecule has 1 unspecified atom stereocenters. The number of nitrogens with one attached hydrogen (secondary N) is 1. The fourth-order valence-electron chi connectivity index (χ4n) is 2.06. The lowest BCUT2D eigenvalue weighted by Crippen LogP contribution is -2.55. The number of piperazine rings is 1. The highest BCUT2D eigenvalue weighted by molar-refractivity contribution is 6.30. The molecule has 0 spiro atoms. The Balaban J connectivity index is 2.40. The number of carbonyl (C=O) groups is 1. The van der Waals surface area contributed by atoms with Crippen molar-refractivity contribution < 1.29 is 9.90 Å². The Labute approximate surface area is 110 Å². The molecule has 1 atom stereocenters. The van der Waals surface area contributed by atoms with Crippen molar-refractivity contribution in [2.75, 3.05) is 24.5 Å². The number of carboxylic acids is 1. The third-order valence-corrected chi connectivity index (χ3v) is 3.15. The predicted molar refractivity (Wildman–Crippen MR) is 67.8 cm³/mol. The molecule has 0 aromatic heterocycles. The smallest absolute Gasteiger partial charge is 0.327 e. The average molecular weight is 266 g/mol. The van der Waals surface area contributed by atoms with E-state index in [0.29, 0.717) is 35.9 Å². The van der Waals surface area contributed by atoms with Gasteiger partial charge in [0.25, 0.3) is 0 Å². The number of carboxylic acid groups (broad SMARTS) is 1. The number of hydrogen-bond donors (Lipinski definition) is 2. The summed E-state index contributed by atoms with van der Waals surface area (Å²) >= 11 is 5.84. The molecule has 0 aliphatic carbocycles. The van der Waals surface area contributed by atoms with Crippen LogP contribution in [0.3, 0.4) is 0 Å². The van der Waals surface area contributed by atoms with Gasteiger partial charge in [-0.3, -0.25) is 0 Å². The van der Waals surface area contributed by atoms with Crippen LogP contribution in [0.25, 0.3) is 0 Å². The summed E-state index contributed by atoms with van der Waals surface area (Å²) in [7, 11) is 0. The standard InChI is InChI=1S/C12H12ClN3O2/c13-9-1-2-10(8(5-9)6-14)16-4-3-15-7-11(16)12(17)18/h1-2,5,11,15H,3-4,7H2,(H,17,18). The van der Waals surface area contributed by atoms with Crippen LogP contribution < -0.4 is 10.2 Å². The minimum atomic E-state index is -0.902. The first-order valence-corrected chi connectivity index (χ1v) is 5.91. The Morgan fingerprint density at radius 1 is 1.61 bits per heavy atom. The normalized spacial score (nSPS) is 19.3. The van der Waals surface area contributed by atoms with E-state index >= 15 is 0 Å². The molecule has 0 amide bonds. The van der Waals surface area contributed by atoms with Gasteiger partial charge in [0.2, 0.25) is 0 Å². The summed E-state index contributed by atoms with van der Waals surface area (Å²) in [6, 6.07) is 6.31. The number of nitriles is 1. The van der Waals surface area contributed by atoms with Crippen LogP contribution in [-0.4, -0.2) is 36.8 Å². The second-order valence-electron chi connectivity index (χ2n) is 4.02. The Hall–Kier alpha value is -1.77. The van der Waals surface area contributed by atoms with Crippen LogP contribution in [-0.2, 0) is 4.79 Å². The SMILES string of the molecule is N#Cc1cc(Cl)ccc1N1CCNCC1C(=O)O. The molecule has 2 rings (SSSR count). The van der Waals surface area contributed by atoms with Gasteiger partial charge >= 0.3 is 5.97 Å². The van der Waals surface area contributed by atoms with Crippen molar-refractivity contribution in [1.29, 1.82) is 5.26 Å². The van der Waals surface area contributed by atoms with Crippen molar-refractivity contribution in [1.82, 2.24) is 5.32 Å². The van der Waals surface area contributed by atoms with Gasteiger partial charge in [-0.1, -0.05) is 11.6 Å². The molecule has 0 saturated carbocycles. The minimum absolute atomic E-state index is 0.364. The summed E-state index contributed by atoms with van der Waals surface area (Å²) < 4.78 is 0. The van der Waals surface area contributed by atoms with Crippen molar-refractivity contribution >= 4 is 23.3 Å². The number of halogens is 1. The molecule has 0 radical (unpaired) electrons. The molecular weight excluding hydrogens is 254 g/mol. The molecule has 1 saturated heterocycles. The molecule has 0 bridgehead atoms. The van der Waals surface area contributed by atoms with Crippen LogP contribution >= 0.6 is 11.6 Å². The van der Waals surface area contributed by atoms with Gasteiger partial charge in [-0.25, -0.2) is 4.79 Å². The van der Waals surface area contributed by atoms with E-state index in [1.165, 1.54) is 0 Å². The van der Waals surface area contributed by atoms with Crippen molar-refractivity contribution in [2.45, 2.75) is 6.04 Å². The monoisotopic (exact) mass is 265 g/mol. The molecule has 1 aliphatic rings. The van der Waals surface area contributed by atoms with Gasteiger partial charge < -0.3 is 15.3 Å². The zero-order chi connectivity index (χ0) is 13.1. The Morgan fingerprint density at radius 2 is 2.39 bits per heavy atom. The Bertz CT molecular complexity index is 513. The van der Waals surface area contributed by atoms with Gasteiger partial charge in [0.1, 0.15) is 12.1 Å². The average Bonchev–Trinajstić information content (AvgIpc) is 2.38. The van der Waals surface area contributed by atoms with Gasteiger partial charge in [-0.2, -0.15) is 5.26 Å². The van der Waals surface area contributed by atoms with E-state index in [0.717, 1.165) is 0 Å². The van der Waals surface area contributed by atoms with Gasteiger partial charge in [0, 0.05) is 24.7 Å². The molecule has 6 heteroatoms. The highest BCUT2D eigenvalue weighted by atomic mass is 35.5. The van der Waals surface area contributed by atoms with Crippen molar-refractivity contribution in [3.63, 3.8) is 0 Å². The van der Waals surface area contributed by atoms with Crippen LogP contribution in [0.1, 0.15) is 5.56 Å². The molecule has 1 aromatic rings. The van der Waals surface area contributed by atoms with Crippen LogP contribution in [0.15, 0.2) is 18.2 Å². The third-order valence-electron chi connectivity index (χ3n) is 2.92. The maximum absolute atomic E-state index is 11.2. The first-order valence-electron chi connectivity index (χ1n) is 5.53. The minimum Gasteiger partial charge on any atom is -0.480 e. The maximum atomic E-state index is 11.2. The molecule has 1 fully saturated rings. The fraction of sp³-hybridized carbons (Fsp3) is 0.333. The zero-order valence-corrected chi connectivity index (χ0v) is 10.3. The quantitative estimate of drug-likeness (QED) is 0.837. The molecule has 2 N–H and O–H groups in total. The van der Waals surface area contributed by atoms with Crippen molar-refractivity contribution in [3.8, 4) is 6.07 Å². The molecule has 1 heterocycles. The first kappa shape index (κ1) is 12.7. The van der Waals surface area contributed by atoms with E-state index in [2.05, 4.69) is 11.4 Å². The molecular formula is C12H12ClN3O2. The van der Waals surface area contributed by atoms with Crippen LogP contribution in [0.4, 0.5) is 5.69 Å². The molecule has 1 aliphatic heterocycles. The molecule has 1 aromatic carbocycles. The second-order valence-corrected chi connectivity index (χ2v) is 4.46. The van der Waals surface area contributed by atoms with E-state index in [1.807, 2.05) is 0 Å². The second kappa shape index (κ2) is 5.25. The summed E-state index contributed by atoms with van der Waals surface area (Å²) in [6.45, 7) is 1.60. The lowest BCUT2D eigenvalue weighted by atomic mass is 10.1. The summed E-state index contributed by atoms with van der Waals surface area (Å²) in [5.41, 5.74) is 1.02. The van der Waals surface area contributed by atoms with Gasteiger partial charge in [-0.05, 0) is 18.2 Å². The highest BCUT2D eigenvalue weighted by Crippen LogP contribution is 2.26. The Morgan fingerprint density at radius 3 is 3.06 bits per heavy atom. The van der Waals surface area contributed by atoms with E-state index in [-0.39, 0.29) is 0 Å². The lowest BCUT2D eigenvalue weighted by Gasteiger charge is -2.35. The van der Waals surface area contributed by atoms with Crippen molar-refractivity contribution in [3.05, 3.63) is 28.8 Å². The fourth-order valence-corrected chi connectivity index (χ4v) is 2.23.